The predicted molar refractivity (Wildman–Crippen MR) is 51.5 cm³/mol. The molecular weight excluding hydrogens is 172 g/mol. The Labute approximate surface area is 78.3 Å². The molecule has 0 spiro atoms. The molecule has 0 amide bonds. The SMILES string of the molecule is CCO[C@@H](CCl)c1ccccc1. The molecule has 1 aromatic carbocycles. The van der Waals surface area contributed by atoms with E-state index < -0.39 is 0 Å². The normalized spacial score (nSPS) is 12.8. The van der Waals surface area contributed by atoms with Crippen molar-refractivity contribution in [1.29, 1.82) is 0 Å². The zero-order chi connectivity index (χ0) is 8.81. The van der Waals surface area contributed by atoms with E-state index >= 15 is 0 Å². The molecule has 12 heavy (non-hydrogen) atoms. The number of rotatable bonds is 4. The lowest BCUT2D eigenvalue weighted by molar-refractivity contribution is 0.0788. The summed E-state index contributed by atoms with van der Waals surface area (Å²) in [7, 11) is 0. The van der Waals surface area contributed by atoms with Crippen LogP contribution >= 0.6 is 11.6 Å². The molecule has 0 aliphatic heterocycles. The zero-order valence-electron chi connectivity index (χ0n) is 7.16. The van der Waals surface area contributed by atoms with Crippen molar-refractivity contribution in [3.05, 3.63) is 35.9 Å². The maximum Gasteiger partial charge on any atom is 0.0959 e. The van der Waals surface area contributed by atoms with E-state index in [1.807, 2.05) is 37.3 Å². The Kier molecular flexibility index (Phi) is 4.12. The highest BCUT2D eigenvalue weighted by Gasteiger charge is 2.07. The number of alkyl halides is 1. The lowest BCUT2D eigenvalue weighted by Crippen LogP contribution is -2.05. The van der Waals surface area contributed by atoms with Gasteiger partial charge in [0.1, 0.15) is 0 Å². The van der Waals surface area contributed by atoms with E-state index in [1.54, 1.807) is 0 Å². The van der Waals surface area contributed by atoms with E-state index in [-0.39, 0.29) is 6.10 Å². The minimum atomic E-state index is 0.0397. The third-order valence-electron chi connectivity index (χ3n) is 1.68. The molecule has 66 valence electrons. The zero-order valence-corrected chi connectivity index (χ0v) is 7.92. The minimum Gasteiger partial charge on any atom is -0.373 e. The van der Waals surface area contributed by atoms with Gasteiger partial charge in [-0.1, -0.05) is 30.3 Å². The Hall–Kier alpha value is -0.530. The van der Waals surface area contributed by atoms with E-state index in [9.17, 15) is 0 Å². The van der Waals surface area contributed by atoms with Gasteiger partial charge in [-0.2, -0.15) is 0 Å². The maximum absolute atomic E-state index is 5.76. The van der Waals surface area contributed by atoms with Crippen molar-refractivity contribution in [1.82, 2.24) is 0 Å². The fourth-order valence-corrected chi connectivity index (χ4v) is 1.37. The van der Waals surface area contributed by atoms with Crippen LogP contribution < -0.4 is 0 Å². The van der Waals surface area contributed by atoms with Crippen molar-refractivity contribution in [2.45, 2.75) is 13.0 Å². The summed E-state index contributed by atoms with van der Waals surface area (Å²) in [6, 6.07) is 10.0. The number of hydrogen-bond acceptors (Lipinski definition) is 1. The molecule has 0 saturated heterocycles. The number of hydrogen-bond donors (Lipinski definition) is 0. The molecule has 0 heterocycles. The quantitative estimate of drug-likeness (QED) is 0.654. The van der Waals surface area contributed by atoms with Gasteiger partial charge in [0.15, 0.2) is 0 Å². The van der Waals surface area contributed by atoms with Gasteiger partial charge in [0.05, 0.1) is 12.0 Å². The van der Waals surface area contributed by atoms with Crippen molar-refractivity contribution in [3.63, 3.8) is 0 Å². The number of ether oxygens (including phenoxy) is 1. The summed E-state index contributed by atoms with van der Waals surface area (Å²) in [5.74, 6) is 0.512. The molecule has 0 bridgehead atoms. The van der Waals surface area contributed by atoms with Crippen molar-refractivity contribution >= 4 is 11.6 Å². The van der Waals surface area contributed by atoms with Gasteiger partial charge in [-0.25, -0.2) is 0 Å². The van der Waals surface area contributed by atoms with Gasteiger partial charge in [-0.3, -0.25) is 0 Å². The molecule has 0 unspecified atom stereocenters. The van der Waals surface area contributed by atoms with Gasteiger partial charge in [-0.15, -0.1) is 11.6 Å². The second-order valence-corrected chi connectivity index (χ2v) is 2.82. The predicted octanol–water partition coefficient (Wildman–Crippen LogP) is 3.00. The molecule has 0 aromatic heterocycles. The van der Waals surface area contributed by atoms with Crippen LogP contribution in [0.2, 0.25) is 0 Å². The first-order valence-electron chi connectivity index (χ1n) is 4.11. The molecule has 1 atom stereocenters. The first kappa shape index (κ1) is 9.56. The molecule has 0 N–H and O–H groups in total. The molecule has 0 aliphatic carbocycles. The first-order valence-corrected chi connectivity index (χ1v) is 4.64. The smallest absolute Gasteiger partial charge is 0.0959 e. The highest BCUT2D eigenvalue weighted by molar-refractivity contribution is 6.18. The maximum atomic E-state index is 5.76. The van der Waals surface area contributed by atoms with Gasteiger partial charge in [0.2, 0.25) is 0 Å². The number of halogens is 1. The average molecular weight is 185 g/mol. The van der Waals surface area contributed by atoms with Gasteiger partial charge in [0, 0.05) is 6.61 Å². The molecule has 0 saturated carbocycles. The van der Waals surface area contributed by atoms with Crippen LogP contribution in [0.5, 0.6) is 0 Å². The lowest BCUT2D eigenvalue weighted by Gasteiger charge is -2.13. The van der Waals surface area contributed by atoms with Crippen molar-refractivity contribution in [2.24, 2.45) is 0 Å². The fourth-order valence-electron chi connectivity index (χ4n) is 1.10. The van der Waals surface area contributed by atoms with Crippen LogP contribution in [0.4, 0.5) is 0 Å². The van der Waals surface area contributed by atoms with E-state index in [0.29, 0.717) is 12.5 Å². The van der Waals surface area contributed by atoms with Gasteiger partial charge >= 0.3 is 0 Å². The Morgan fingerprint density at radius 2 is 2.00 bits per heavy atom. The number of benzene rings is 1. The Bertz CT molecular complexity index is 210. The summed E-state index contributed by atoms with van der Waals surface area (Å²) in [6.45, 7) is 2.68. The van der Waals surface area contributed by atoms with Gasteiger partial charge in [0.25, 0.3) is 0 Å². The summed E-state index contributed by atoms with van der Waals surface area (Å²) >= 11 is 5.76. The van der Waals surface area contributed by atoms with Crippen LogP contribution in [-0.4, -0.2) is 12.5 Å². The average Bonchev–Trinajstić information content (AvgIpc) is 2.15. The van der Waals surface area contributed by atoms with Crippen molar-refractivity contribution in [3.8, 4) is 0 Å². The molecule has 1 rings (SSSR count). The first-order chi connectivity index (χ1) is 5.88. The molecule has 1 nitrogen and oxygen atoms in total. The fraction of sp³-hybridized carbons (Fsp3) is 0.400. The van der Waals surface area contributed by atoms with E-state index in [0.717, 1.165) is 5.56 Å². The Balaban J connectivity index is 2.66. The van der Waals surface area contributed by atoms with Crippen LogP contribution in [0.15, 0.2) is 30.3 Å². The van der Waals surface area contributed by atoms with E-state index in [1.165, 1.54) is 0 Å². The van der Waals surface area contributed by atoms with Crippen LogP contribution in [-0.2, 0) is 4.74 Å². The second-order valence-electron chi connectivity index (χ2n) is 2.51. The molecule has 2 heteroatoms. The summed E-state index contributed by atoms with van der Waals surface area (Å²) in [6.07, 6.45) is 0.0397. The van der Waals surface area contributed by atoms with E-state index in [4.69, 9.17) is 16.3 Å². The van der Waals surface area contributed by atoms with Gasteiger partial charge in [-0.05, 0) is 12.5 Å². The van der Waals surface area contributed by atoms with Crippen LogP contribution in [0.1, 0.15) is 18.6 Å². The van der Waals surface area contributed by atoms with Crippen LogP contribution in [0.25, 0.3) is 0 Å². The van der Waals surface area contributed by atoms with Crippen LogP contribution in [0.3, 0.4) is 0 Å². The minimum absolute atomic E-state index is 0.0397. The van der Waals surface area contributed by atoms with Crippen LogP contribution in [0, 0.1) is 0 Å². The summed E-state index contributed by atoms with van der Waals surface area (Å²) < 4.78 is 5.45. The molecule has 0 aliphatic rings. The van der Waals surface area contributed by atoms with Crippen molar-refractivity contribution < 1.29 is 4.74 Å². The highest BCUT2D eigenvalue weighted by atomic mass is 35.5. The Morgan fingerprint density at radius 1 is 1.33 bits per heavy atom. The molecule has 0 fully saturated rings. The van der Waals surface area contributed by atoms with Gasteiger partial charge < -0.3 is 4.74 Å². The largest absolute Gasteiger partial charge is 0.373 e. The monoisotopic (exact) mass is 184 g/mol. The summed E-state index contributed by atoms with van der Waals surface area (Å²) in [5, 5.41) is 0. The third kappa shape index (κ3) is 2.50. The second kappa shape index (κ2) is 5.18. The molecule has 0 radical (unpaired) electrons. The molecular formula is C10H13ClO. The molecule has 1 aromatic rings. The van der Waals surface area contributed by atoms with Crippen molar-refractivity contribution in [2.75, 3.05) is 12.5 Å². The topological polar surface area (TPSA) is 9.23 Å². The third-order valence-corrected chi connectivity index (χ3v) is 1.96. The lowest BCUT2D eigenvalue weighted by atomic mass is 10.1. The summed E-state index contributed by atoms with van der Waals surface area (Å²) in [4.78, 5) is 0. The summed E-state index contributed by atoms with van der Waals surface area (Å²) in [5.41, 5.74) is 1.15. The van der Waals surface area contributed by atoms with E-state index in [2.05, 4.69) is 0 Å². The Morgan fingerprint density at radius 3 is 2.50 bits per heavy atom. The highest BCUT2D eigenvalue weighted by Crippen LogP contribution is 2.17. The standard InChI is InChI=1S/C10H13ClO/c1-2-12-10(8-11)9-6-4-3-5-7-9/h3-7,10H,2,8H2,1H3/t10-/m0/s1.